The normalized spacial score (nSPS) is 37.6. The zero-order valence-electron chi connectivity index (χ0n) is 14.0. The van der Waals surface area contributed by atoms with Crippen molar-refractivity contribution in [2.45, 2.75) is 71.8 Å². The summed E-state index contributed by atoms with van der Waals surface area (Å²) in [5.41, 5.74) is 0. The van der Waals surface area contributed by atoms with Crippen LogP contribution in [0.3, 0.4) is 0 Å². The van der Waals surface area contributed by atoms with Crippen LogP contribution in [0.4, 0.5) is 0 Å². The van der Waals surface area contributed by atoms with Gasteiger partial charge in [0.05, 0.1) is 5.92 Å². The van der Waals surface area contributed by atoms with E-state index in [9.17, 15) is 4.79 Å². The van der Waals surface area contributed by atoms with E-state index in [4.69, 9.17) is 5.11 Å². The summed E-state index contributed by atoms with van der Waals surface area (Å²) in [7, 11) is 0. The quantitative estimate of drug-likeness (QED) is 0.808. The number of nitrogens with one attached hydrogen (secondary N) is 1. The van der Waals surface area contributed by atoms with Gasteiger partial charge in [-0.15, -0.1) is 0 Å². The molecule has 122 valence electrons. The van der Waals surface area contributed by atoms with E-state index in [2.05, 4.69) is 26.1 Å². The number of aliphatic carboxylic acids is 1. The molecule has 21 heavy (non-hydrogen) atoms. The van der Waals surface area contributed by atoms with Crippen molar-refractivity contribution in [3.05, 3.63) is 0 Å². The van der Waals surface area contributed by atoms with Crippen molar-refractivity contribution in [2.75, 3.05) is 6.54 Å². The van der Waals surface area contributed by atoms with Crippen molar-refractivity contribution >= 4 is 5.97 Å². The van der Waals surface area contributed by atoms with Crippen LogP contribution in [0.5, 0.6) is 0 Å². The molecule has 2 aliphatic rings. The molecule has 2 fully saturated rings. The van der Waals surface area contributed by atoms with E-state index >= 15 is 0 Å². The predicted molar refractivity (Wildman–Crippen MR) is 86.2 cm³/mol. The Bertz CT molecular complexity index is 334. The van der Waals surface area contributed by atoms with Crippen molar-refractivity contribution in [2.24, 2.45) is 29.6 Å². The van der Waals surface area contributed by atoms with Crippen LogP contribution >= 0.6 is 0 Å². The minimum atomic E-state index is -0.595. The first-order valence-corrected chi connectivity index (χ1v) is 8.93. The Kier molecular flexibility index (Phi) is 6.09. The fraction of sp³-hybridized carbons (Fsp3) is 0.944. The van der Waals surface area contributed by atoms with Crippen LogP contribution in [0.15, 0.2) is 0 Å². The molecule has 2 rings (SSSR count). The first-order valence-electron chi connectivity index (χ1n) is 8.93. The average Bonchev–Trinajstić information content (AvgIpc) is 2.45. The van der Waals surface area contributed by atoms with Crippen LogP contribution in [0.25, 0.3) is 0 Å². The van der Waals surface area contributed by atoms with Gasteiger partial charge >= 0.3 is 5.97 Å². The highest BCUT2D eigenvalue weighted by Gasteiger charge is 2.31. The van der Waals surface area contributed by atoms with Gasteiger partial charge in [0, 0.05) is 6.04 Å². The molecular formula is C18H33NO2. The Balaban J connectivity index is 1.77. The number of hydrogen-bond donors (Lipinski definition) is 2. The first-order chi connectivity index (χ1) is 9.97. The smallest absolute Gasteiger partial charge is 0.306 e. The second kappa shape index (κ2) is 7.62. The van der Waals surface area contributed by atoms with Crippen LogP contribution < -0.4 is 5.32 Å². The molecule has 2 saturated carbocycles. The zero-order chi connectivity index (χ0) is 15.4. The van der Waals surface area contributed by atoms with Gasteiger partial charge in [-0.25, -0.2) is 0 Å². The standard InChI is InChI=1S/C18H33NO2/c1-12(2)16-9-4-13(3)10-17(16)19-11-14-5-7-15(8-6-14)18(20)21/h12-17,19H,4-11H2,1-3H3,(H,20,21). The van der Waals surface area contributed by atoms with Gasteiger partial charge in [-0.2, -0.15) is 0 Å². The Morgan fingerprint density at radius 1 is 1.14 bits per heavy atom. The van der Waals surface area contributed by atoms with E-state index < -0.39 is 5.97 Å². The van der Waals surface area contributed by atoms with Crippen LogP contribution in [-0.2, 0) is 4.79 Å². The monoisotopic (exact) mass is 295 g/mol. The third kappa shape index (κ3) is 4.70. The second-order valence-corrected chi connectivity index (χ2v) is 7.90. The number of rotatable bonds is 5. The average molecular weight is 295 g/mol. The molecule has 0 aromatic heterocycles. The van der Waals surface area contributed by atoms with Gasteiger partial charge in [0.25, 0.3) is 0 Å². The Labute approximate surface area is 129 Å². The lowest BCUT2D eigenvalue weighted by Gasteiger charge is -2.39. The second-order valence-electron chi connectivity index (χ2n) is 7.90. The molecule has 3 atom stereocenters. The summed E-state index contributed by atoms with van der Waals surface area (Å²) in [6, 6.07) is 0.672. The fourth-order valence-corrected chi connectivity index (χ4v) is 4.37. The largest absolute Gasteiger partial charge is 0.481 e. The maximum absolute atomic E-state index is 11.0. The molecule has 0 aliphatic heterocycles. The number of carboxylic acids is 1. The van der Waals surface area contributed by atoms with E-state index in [1.54, 1.807) is 0 Å². The zero-order valence-corrected chi connectivity index (χ0v) is 14.0. The maximum atomic E-state index is 11.0. The molecule has 2 aliphatic carbocycles. The summed E-state index contributed by atoms with van der Waals surface area (Å²) < 4.78 is 0. The van der Waals surface area contributed by atoms with Gasteiger partial charge in [-0.1, -0.05) is 27.2 Å². The van der Waals surface area contributed by atoms with E-state index in [0.717, 1.165) is 50.0 Å². The molecule has 0 heterocycles. The van der Waals surface area contributed by atoms with Crippen LogP contribution in [-0.4, -0.2) is 23.7 Å². The highest BCUT2D eigenvalue weighted by Crippen LogP contribution is 2.34. The molecular weight excluding hydrogens is 262 g/mol. The molecule has 2 N–H and O–H groups in total. The van der Waals surface area contributed by atoms with E-state index in [-0.39, 0.29) is 5.92 Å². The first kappa shape index (κ1) is 16.8. The van der Waals surface area contributed by atoms with Gasteiger partial charge in [-0.3, -0.25) is 4.79 Å². The maximum Gasteiger partial charge on any atom is 0.306 e. The third-order valence-electron chi connectivity index (χ3n) is 5.89. The molecule has 0 amide bonds. The summed E-state index contributed by atoms with van der Waals surface area (Å²) in [5, 5.41) is 12.9. The Morgan fingerprint density at radius 3 is 2.38 bits per heavy atom. The highest BCUT2D eigenvalue weighted by atomic mass is 16.4. The van der Waals surface area contributed by atoms with E-state index in [1.165, 1.54) is 19.3 Å². The van der Waals surface area contributed by atoms with Crippen molar-refractivity contribution in [3.63, 3.8) is 0 Å². The molecule has 0 aromatic carbocycles. The van der Waals surface area contributed by atoms with Crippen molar-refractivity contribution in [1.82, 2.24) is 5.32 Å². The Morgan fingerprint density at radius 2 is 1.81 bits per heavy atom. The molecule has 0 radical (unpaired) electrons. The summed E-state index contributed by atoms with van der Waals surface area (Å²) >= 11 is 0. The molecule has 0 bridgehead atoms. The fourth-order valence-electron chi connectivity index (χ4n) is 4.37. The van der Waals surface area contributed by atoms with Crippen LogP contribution in [0.2, 0.25) is 0 Å². The lowest BCUT2D eigenvalue weighted by Crippen LogP contribution is -2.45. The number of carbonyl (C=O) groups is 1. The van der Waals surface area contributed by atoms with Crippen LogP contribution in [0, 0.1) is 29.6 Å². The van der Waals surface area contributed by atoms with E-state index in [0.29, 0.717) is 12.0 Å². The lowest BCUT2D eigenvalue weighted by molar-refractivity contribution is -0.143. The number of hydrogen-bond acceptors (Lipinski definition) is 2. The lowest BCUT2D eigenvalue weighted by atomic mass is 9.73. The minimum absolute atomic E-state index is 0.0839. The van der Waals surface area contributed by atoms with Crippen molar-refractivity contribution in [3.8, 4) is 0 Å². The molecule has 0 saturated heterocycles. The summed E-state index contributed by atoms with van der Waals surface area (Å²) in [6.45, 7) is 8.18. The summed E-state index contributed by atoms with van der Waals surface area (Å²) in [5.74, 6) is 2.43. The van der Waals surface area contributed by atoms with Gasteiger partial charge in [0.15, 0.2) is 0 Å². The van der Waals surface area contributed by atoms with Crippen LogP contribution in [0.1, 0.15) is 65.7 Å². The number of carboxylic acid groups (broad SMARTS) is 1. The van der Waals surface area contributed by atoms with Crippen molar-refractivity contribution in [1.29, 1.82) is 0 Å². The molecule has 3 unspecified atom stereocenters. The molecule has 3 nitrogen and oxygen atoms in total. The molecule has 3 heteroatoms. The van der Waals surface area contributed by atoms with Gasteiger partial charge < -0.3 is 10.4 Å². The summed E-state index contributed by atoms with van der Waals surface area (Å²) in [6.07, 6.45) is 7.96. The predicted octanol–water partition coefficient (Wildman–Crippen LogP) is 3.93. The SMILES string of the molecule is CC1CCC(C(C)C)C(NCC2CCC(C(=O)O)CC2)C1. The summed E-state index contributed by atoms with van der Waals surface area (Å²) in [4.78, 5) is 11.0. The van der Waals surface area contributed by atoms with Gasteiger partial charge in [0.2, 0.25) is 0 Å². The third-order valence-corrected chi connectivity index (χ3v) is 5.89. The minimum Gasteiger partial charge on any atom is -0.481 e. The Hall–Kier alpha value is -0.570. The van der Waals surface area contributed by atoms with E-state index in [1.807, 2.05) is 0 Å². The highest BCUT2D eigenvalue weighted by molar-refractivity contribution is 5.69. The van der Waals surface area contributed by atoms with Gasteiger partial charge in [0.1, 0.15) is 0 Å². The molecule has 0 aromatic rings. The van der Waals surface area contributed by atoms with Crippen molar-refractivity contribution < 1.29 is 9.90 Å². The topological polar surface area (TPSA) is 49.3 Å². The van der Waals surface area contributed by atoms with Gasteiger partial charge in [-0.05, 0) is 68.7 Å². The molecule has 0 spiro atoms.